The van der Waals surface area contributed by atoms with Crippen molar-refractivity contribution in [1.82, 2.24) is 10.2 Å². The molecule has 1 heterocycles. The second kappa shape index (κ2) is 7.56. The lowest BCUT2D eigenvalue weighted by Gasteiger charge is -2.13. The van der Waals surface area contributed by atoms with Gasteiger partial charge >= 0.3 is 0 Å². The number of likely N-dealkylation sites (N-methyl/N-ethyl adjacent to an activating group) is 1. The lowest BCUT2D eigenvalue weighted by atomic mass is 9.91. The fraction of sp³-hybridized carbons (Fsp3) is 0.208. The third-order valence-corrected chi connectivity index (χ3v) is 5.45. The first-order valence-electron chi connectivity index (χ1n) is 9.46. The Balaban J connectivity index is 1.67. The molecule has 0 saturated carbocycles. The van der Waals surface area contributed by atoms with Crippen LogP contribution in [-0.2, 0) is 17.9 Å². The Morgan fingerprint density at radius 2 is 1.68 bits per heavy atom. The number of fused-ring (bicyclic) bond motifs is 1. The van der Waals surface area contributed by atoms with Gasteiger partial charge in [0.15, 0.2) is 0 Å². The Labute approximate surface area is 164 Å². The number of benzene rings is 3. The van der Waals surface area contributed by atoms with Crippen LogP contribution in [0.5, 0.6) is 0 Å². The largest absolute Gasteiger partial charge is 0.358 e. The molecule has 0 unspecified atom stereocenters. The Kier molecular flexibility index (Phi) is 4.97. The predicted molar refractivity (Wildman–Crippen MR) is 110 cm³/mol. The molecule has 1 amide bonds. The molecular formula is C24H23FN2O. The number of carbonyl (C=O) groups excluding carboxylic acids is 1. The number of carbonyl (C=O) groups is 1. The van der Waals surface area contributed by atoms with Gasteiger partial charge in [-0.25, -0.2) is 4.39 Å². The third-order valence-electron chi connectivity index (χ3n) is 5.45. The number of rotatable bonds is 4. The van der Waals surface area contributed by atoms with E-state index in [4.69, 9.17) is 0 Å². The van der Waals surface area contributed by atoms with E-state index in [0.29, 0.717) is 12.1 Å². The van der Waals surface area contributed by atoms with Crippen molar-refractivity contribution in [1.29, 1.82) is 0 Å². The van der Waals surface area contributed by atoms with Gasteiger partial charge in [0.2, 0.25) is 5.91 Å². The summed E-state index contributed by atoms with van der Waals surface area (Å²) < 4.78 is 14.3. The number of hydrogen-bond donors (Lipinski definition) is 1. The second-order valence-corrected chi connectivity index (χ2v) is 7.26. The van der Waals surface area contributed by atoms with Crippen molar-refractivity contribution < 1.29 is 9.18 Å². The van der Waals surface area contributed by atoms with E-state index in [1.807, 2.05) is 31.2 Å². The van der Waals surface area contributed by atoms with Crippen LogP contribution in [0, 0.1) is 12.7 Å². The highest BCUT2D eigenvalue weighted by Gasteiger charge is 2.21. The number of amides is 1. The topological polar surface area (TPSA) is 32.3 Å². The fourth-order valence-electron chi connectivity index (χ4n) is 3.95. The van der Waals surface area contributed by atoms with Crippen molar-refractivity contribution in [2.24, 2.45) is 0 Å². The minimum absolute atomic E-state index is 0.0291. The first kappa shape index (κ1) is 18.4. The zero-order valence-corrected chi connectivity index (χ0v) is 16.1. The molecule has 0 atom stereocenters. The first-order valence-corrected chi connectivity index (χ1v) is 9.46. The molecular weight excluding hydrogens is 351 g/mol. The molecule has 3 aromatic carbocycles. The molecule has 1 aliphatic rings. The van der Waals surface area contributed by atoms with E-state index in [2.05, 4.69) is 34.5 Å². The van der Waals surface area contributed by atoms with Crippen LogP contribution in [0.25, 0.3) is 22.3 Å². The summed E-state index contributed by atoms with van der Waals surface area (Å²) in [5.41, 5.74) is 7.34. The van der Waals surface area contributed by atoms with Gasteiger partial charge in [-0.1, -0.05) is 48.5 Å². The zero-order chi connectivity index (χ0) is 19.7. The van der Waals surface area contributed by atoms with Gasteiger partial charge in [0.25, 0.3) is 0 Å². The van der Waals surface area contributed by atoms with Gasteiger partial charge in [0.05, 0.1) is 6.54 Å². The summed E-state index contributed by atoms with van der Waals surface area (Å²) in [5, 5.41) is 2.68. The van der Waals surface area contributed by atoms with Crippen molar-refractivity contribution in [2.75, 3.05) is 13.6 Å². The van der Waals surface area contributed by atoms with Crippen molar-refractivity contribution in [3.8, 4) is 22.3 Å². The summed E-state index contributed by atoms with van der Waals surface area (Å²) in [6.07, 6.45) is 0. The molecule has 0 spiro atoms. The Bertz CT molecular complexity index is 1040. The number of halogens is 1. The van der Waals surface area contributed by atoms with Crippen LogP contribution in [-0.4, -0.2) is 24.4 Å². The van der Waals surface area contributed by atoms with E-state index in [1.165, 1.54) is 17.2 Å². The van der Waals surface area contributed by atoms with E-state index >= 15 is 0 Å². The van der Waals surface area contributed by atoms with Crippen molar-refractivity contribution in [3.05, 3.63) is 83.2 Å². The molecule has 0 radical (unpaired) electrons. The Morgan fingerprint density at radius 3 is 2.46 bits per heavy atom. The van der Waals surface area contributed by atoms with E-state index in [-0.39, 0.29) is 11.7 Å². The summed E-state index contributed by atoms with van der Waals surface area (Å²) >= 11 is 0. The number of hydrogen-bond acceptors (Lipinski definition) is 2. The van der Waals surface area contributed by atoms with E-state index in [1.54, 1.807) is 13.1 Å². The molecule has 0 fully saturated rings. The highest BCUT2D eigenvalue weighted by molar-refractivity contribution is 5.79. The van der Waals surface area contributed by atoms with Crippen molar-refractivity contribution in [3.63, 3.8) is 0 Å². The summed E-state index contributed by atoms with van der Waals surface area (Å²) in [6, 6.07) is 19.4. The van der Waals surface area contributed by atoms with Crippen molar-refractivity contribution in [2.45, 2.75) is 20.0 Å². The van der Waals surface area contributed by atoms with Crippen molar-refractivity contribution >= 4 is 5.91 Å². The molecule has 0 aromatic heterocycles. The SMILES string of the molecule is CNC(=O)CN1Cc2ccc(-c3cccc(-c4ccccc4F)c3C)cc2C1. The highest BCUT2D eigenvalue weighted by atomic mass is 19.1. The van der Waals surface area contributed by atoms with E-state index < -0.39 is 0 Å². The summed E-state index contributed by atoms with van der Waals surface area (Å²) in [6.45, 7) is 4.00. The van der Waals surface area contributed by atoms with Crippen LogP contribution in [0.2, 0.25) is 0 Å². The molecule has 142 valence electrons. The molecule has 3 nitrogen and oxygen atoms in total. The molecule has 4 heteroatoms. The van der Waals surface area contributed by atoms with Crippen LogP contribution in [0.3, 0.4) is 0 Å². The maximum absolute atomic E-state index is 14.3. The summed E-state index contributed by atoms with van der Waals surface area (Å²) in [4.78, 5) is 13.8. The standard InChI is InChI=1S/C24H23FN2O/c1-16-20(7-5-8-21(16)22-6-3-4-9-23(22)25)17-10-11-18-13-27(14-19(18)12-17)15-24(28)26-2/h3-12H,13-15H2,1-2H3,(H,26,28). The minimum Gasteiger partial charge on any atom is -0.358 e. The van der Waals surface area contributed by atoms with Crippen LogP contribution in [0.1, 0.15) is 16.7 Å². The van der Waals surface area contributed by atoms with Crippen LogP contribution in [0.4, 0.5) is 4.39 Å². The summed E-state index contributed by atoms with van der Waals surface area (Å²) in [7, 11) is 1.66. The van der Waals surface area contributed by atoms with Gasteiger partial charge in [-0.2, -0.15) is 0 Å². The van der Waals surface area contributed by atoms with Crippen LogP contribution in [0.15, 0.2) is 60.7 Å². The van der Waals surface area contributed by atoms with E-state index in [9.17, 15) is 9.18 Å². The second-order valence-electron chi connectivity index (χ2n) is 7.26. The minimum atomic E-state index is -0.207. The average Bonchev–Trinajstić information content (AvgIpc) is 3.10. The lowest BCUT2D eigenvalue weighted by Crippen LogP contribution is -2.32. The molecule has 0 saturated heterocycles. The fourth-order valence-corrected chi connectivity index (χ4v) is 3.95. The summed E-state index contributed by atoms with van der Waals surface area (Å²) in [5.74, 6) is -0.178. The normalized spacial score (nSPS) is 13.4. The third kappa shape index (κ3) is 3.43. The Hall–Kier alpha value is -2.98. The maximum atomic E-state index is 14.3. The molecule has 0 bridgehead atoms. The van der Waals surface area contributed by atoms with Crippen LogP contribution >= 0.6 is 0 Å². The Morgan fingerprint density at radius 1 is 0.964 bits per heavy atom. The predicted octanol–water partition coefficient (Wildman–Crippen LogP) is 4.53. The van der Waals surface area contributed by atoms with Gasteiger partial charge in [-0.05, 0) is 52.4 Å². The molecule has 4 rings (SSSR count). The quantitative estimate of drug-likeness (QED) is 0.728. The number of nitrogens with zero attached hydrogens (tertiary/aromatic N) is 1. The smallest absolute Gasteiger partial charge is 0.233 e. The zero-order valence-electron chi connectivity index (χ0n) is 16.1. The molecule has 0 aliphatic carbocycles. The van der Waals surface area contributed by atoms with Gasteiger partial charge in [-0.15, -0.1) is 0 Å². The van der Waals surface area contributed by atoms with Crippen LogP contribution < -0.4 is 5.32 Å². The maximum Gasteiger partial charge on any atom is 0.233 e. The molecule has 28 heavy (non-hydrogen) atoms. The van der Waals surface area contributed by atoms with Gasteiger partial charge < -0.3 is 5.32 Å². The van der Waals surface area contributed by atoms with Gasteiger partial charge in [-0.3, -0.25) is 9.69 Å². The monoisotopic (exact) mass is 374 g/mol. The average molecular weight is 374 g/mol. The number of nitrogens with one attached hydrogen (secondary N) is 1. The van der Waals surface area contributed by atoms with E-state index in [0.717, 1.165) is 35.3 Å². The van der Waals surface area contributed by atoms with Gasteiger partial charge in [0.1, 0.15) is 5.82 Å². The first-order chi connectivity index (χ1) is 13.6. The molecule has 1 N–H and O–H groups in total. The molecule has 1 aliphatic heterocycles. The molecule has 3 aromatic rings. The van der Waals surface area contributed by atoms with Gasteiger partial charge in [0, 0.05) is 25.7 Å². The lowest BCUT2D eigenvalue weighted by molar-refractivity contribution is -0.121. The highest BCUT2D eigenvalue weighted by Crippen LogP contribution is 2.35.